The van der Waals surface area contributed by atoms with Gasteiger partial charge < -0.3 is 9.15 Å². The molecule has 10 heteroatoms. The largest absolute Gasteiger partial charge is 0.573 e. The summed E-state index contributed by atoms with van der Waals surface area (Å²) >= 11 is 0. The van der Waals surface area contributed by atoms with Crippen LogP contribution in [-0.4, -0.2) is 19.8 Å². The van der Waals surface area contributed by atoms with Crippen LogP contribution in [0, 0.1) is 0 Å². The van der Waals surface area contributed by atoms with Gasteiger partial charge in [-0.15, -0.1) is 13.2 Å². The van der Waals surface area contributed by atoms with Gasteiger partial charge in [-0.3, -0.25) is 4.72 Å². The fourth-order valence-electron chi connectivity index (χ4n) is 2.15. The molecule has 1 aromatic heterocycles. The molecule has 0 amide bonds. The van der Waals surface area contributed by atoms with Crippen LogP contribution in [0.1, 0.15) is 0 Å². The van der Waals surface area contributed by atoms with Gasteiger partial charge in [-0.25, -0.2) is 13.4 Å². The molecule has 0 saturated heterocycles. The molecule has 6 nitrogen and oxygen atoms in total. The predicted molar refractivity (Wildman–Crippen MR) is 85.9 cm³/mol. The first kappa shape index (κ1) is 17.8. The minimum Gasteiger partial charge on any atom is -0.444 e. The summed E-state index contributed by atoms with van der Waals surface area (Å²) in [4.78, 5) is 3.41. The summed E-state index contributed by atoms with van der Waals surface area (Å²) in [5.41, 5.74) is 0.790. The monoisotopic (exact) mass is 384 g/mol. The fourth-order valence-corrected chi connectivity index (χ4v) is 3.23. The molecule has 0 bridgehead atoms. The van der Waals surface area contributed by atoms with Gasteiger partial charge in [0.1, 0.15) is 5.75 Å². The molecule has 0 aliphatic carbocycles. The molecule has 0 unspecified atom stereocenters. The highest BCUT2D eigenvalue weighted by Crippen LogP contribution is 2.27. The van der Waals surface area contributed by atoms with Gasteiger partial charge in [-0.1, -0.05) is 18.2 Å². The molecule has 0 saturated carbocycles. The maximum Gasteiger partial charge on any atom is 0.573 e. The first-order chi connectivity index (χ1) is 12.2. The summed E-state index contributed by atoms with van der Waals surface area (Å²) in [6, 6.07) is 10.4. The zero-order valence-corrected chi connectivity index (χ0v) is 13.7. The Morgan fingerprint density at radius 3 is 2.54 bits per heavy atom. The van der Waals surface area contributed by atoms with Crippen LogP contribution in [0.4, 0.5) is 18.9 Å². The second-order valence-corrected chi connectivity index (χ2v) is 6.76. The Kier molecular flexibility index (Phi) is 4.60. The highest BCUT2D eigenvalue weighted by Gasteiger charge is 2.31. The summed E-state index contributed by atoms with van der Waals surface area (Å²) in [7, 11) is -4.12. The van der Waals surface area contributed by atoms with Crippen LogP contribution in [0.3, 0.4) is 0 Å². The lowest BCUT2D eigenvalue weighted by Crippen LogP contribution is -2.18. The topological polar surface area (TPSA) is 81.4 Å². The van der Waals surface area contributed by atoms with Crippen molar-refractivity contribution >= 4 is 15.7 Å². The van der Waals surface area contributed by atoms with Crippen molar-refractivity contribution in [3.05, 3.63) is 61.1 Å². The van der Waals surface area contributed by atoms with Crippen molar-refractivity contribution in [1.82, 2.24) is 4.98 Å². The van der Waals surface area contributed by atoms with E-state index in [1.54, 1.807) is 12.1 Å². The third-order valence-electron chi connectivity index (χ3n) is 3.18. The van der Waals surface area contributed by atoms with Crippen molar-refractivity contribution in [2.45, 2.75) is 11.3 Å². The number of rotatable bonds is 5. The van der Waals surface area contributed by atoms with Gasteiger partial charge in [0, 0.05) is 17.3 Å². The molecule has 3 rings (SSSR count). The molecular formula is C16H11F3N2O4S. The Labute approximate surface area is 146 Å². The van der Waals surface area contributed by atoms with E-state index in [1.807, 2.05) is 0 Å². The minimum atomic E-state index is -4.92. The lowest BCUT2D eigenvalue weighted by molar-refractivity contribution is -0.274. The standard InChI is InChI=1S/C16H11F3N2O4S/c17-16(18,19)25-13-5-2-6-14(8-13)26(22,23)21-12-4-1-3-11(7-12)15-9-20-10-24-15/h1-10,21H. The number of nitrogens with one attached hydrogen (secondary N) is 1. The number of hydrogen-bond donors (Lipinski definition) is 1. The van der Waals surface area contributed by atoms with Gasteiger partial charge in [0.2, 0.25) is 0 Å². The molecule has 1 heterocycles. The third kappa shape index (κ3) is 4.33. The number of alkyl halides is 3. The molecule has 0 aliphatic rings. The maximum absolute atomic E-state index is 12.4. The zero-order chi connectivity index (χ0) is 18.8. The zero-order valence-electron chi connectivity index (χ0n) is 12.9. The van der Waals surface area contributed by atoms with E-state index in [1.165, 1.54) is 24.7 Å². The number of aromatic nitrogens is 1. The highest BCUT2D eigenvalue weighted by atomic mass is 32.2. The predicted octanol–water partition coefficient (Wildman–Crippen LogP) is 4.04. The van der Waals surface area contributed by atoms with Crippen molar-refractivity contribution in [1.29, 1.82) is 0 Å². The number of halogens is 3. The van der Waals surface area contributed by atoms with Crippen molar-refractivity contribution in [2.24, 2.45) is 0 Å². The minimum absolute atomic E-state index is 0.209. The van der Waals surface area contributed by atoms with Crippen molar-refractivity contribution in [3.8, 4) is 17.1 Å². The lowest BCUT2D eigenvalue weighted by Gasteiger charge is -2.12. The molecule has 0 aliphatic heterocycles. The van der Waals surface area contributed by atoms with Gasteiger partial charge in [0.15, 0.2) is 12.2 Å². The number of benzene rings is 2. The molecule has 0 spiro atoms. The van der Waals surface area contributed by atoms with Crippen LogP contribution in [0.25, 0.3) is 11.3 Å². The normalized spacial score (nSPS) is 12.0. The average molecular weight is 384 g/mol. The van der Waals surface area contributed by atoms with Gasteiger partial charge >= 0.3 is 6.36 Å². The summed E-state index contributed by atoms with van der Waals surface area (Å²) in [5.74, 6) is -0.192. The molecule has 3 aromatic rings. The summed E-state index contributed by atoms with van der Waals surface area (Å²) in [6.45, 7) is 0. The van der Waals surface area contributed by atoms with E-state index in [0.29, 0.717) is 11.3 Å². The van der Waals surface area contributed by atoms with Crippen LogP contribution >= 0.6 is 0 Å². The Morgan fingerprint density at radius 1 is 1.08 bits per heavy atom. The lowest BCUT2D eigenvalue weighted by atomic mass is 10.2. The van der Waals surface area contributed by atoms with Crippen molar-refractivity contribution in [3.63, 3.8) is 0 Å². The number of nitrogens with zero attached hydrogens (tertiary/aromatic N) is 1. The smallest absolute Gasteiger partial charge is 0.444 e. The van der Waals surface area contributed by atoms with Crippen LogP contribution in [-0.2, 0) is 10.0 Å². The van der Waals surface area contributed by atoms with E-state index >= 15 is 0 Å². The Hall–Kier alpha value is -3.01. The first-order valence-electron chi connectivity index (χ1n) is 7.10. The van der Waals surface area contributed by atoms with Crippen molar-refractivity contribution < 1.29 is 30.7 Å². The third-order valence-corrected chi connectivity index (χ3v) is 4.56. The molecule has 136 valence electrons. The molecular weight excluding hydrogens is 373 g/mol. The number of anilines is 1. The number of ether oxygens (including phenoxy) is 1. The van der Waals surface area contributed by atoms with Crippen LogP contribution < -0.4 is 9.46 Å². The SMILES string of the molecule is O=S(=O)(Nc1cccc(-c2cnco2)c1)c1cccc(OC(F)(F)F)c1. The molecule has 0 atom stereocenters. The molecule has 2 aromatic carbocycles. The van der Waals surface area contributed by atoms with Gasteiger partial charge in [0.05, 0.1) is 11.1 Å². The second-order valence-electron chi connectivity index (χ2n) is 5.07. The first-order valence-corrected chi connectivity index (χ1v) is 8.59. The molecule has 0 fully saturated rings. The van der Waals surface area contributed by atoms with E-state index in [4.69, 9.17) is 4.42 Å². The Balaban J connectivity index is 1.86. The number of oxazole rings is 1. The molecule has 0 radical (unpaired) electrons. The quantitative estimate of drug-likeness (QED) is 0.718. The summed E-state index contributed by atoms with van der Waals surface area (Å²) in [5, 5.41) is 0. The fraction of sp³-hybridized carbons (Fsp3) is 0.0625. The van der Waals surface area contributed by atoms with E-state index in [-0.39, 0.29) is 10.6 Å². The second kappa shape index (κ2) is 6.71. The summed E-state index contributed by atoms with van der Waals surface area (Å²) < 4.78 is 72.9. The maximum atomic E-state index is 12.4. The van der Waals surface area contributed by atoms with E-state index in [2.05, 4.69) is 14.4 Å². The van der Waals surface area contributed by atoms with E-state index in [0.717, 1.165) is 24.3 Å². The van der Waals surface area contributed by atoms with E-state index in [9.17, 15) is 21.6 Å². The van der Waals surface area contributed by atoms with Crippen LogP contribution in [0.5, 0.6) is 5.75 Å². The number of sulfonamides is 1. The summed E-state index contributed by atoms with van der Waals surface area (Å²) in [6.07, 6.45) is -2.22. The van der Waals surface area contributed by atoms with Gasteiger partial charge in [-0.2, -0.15) is 0 Å². The van der Waals surface area contributed by atoms with Gasteiger partial charge in [0.25, 0.3) is 10.0 Å². The average Bonchev–Trinajstić information content (AvgIpc) is 3.08. The van der Waals surface area contributed by atoms with Crippen molar-refractivity contribution in [2.75, 3.05) is 4.72 Å². The Morgan fingerprint density at radius 2 is 1.85 bits per heavy atom. The van der Waals surface area contributed by atoms with Gasteiger partial charge in [-0.05, 0) is 24.3 Å². The molecule has 26 heavy (non-hydrogen) atoms. The Bertz CT molecular complexity index is 1000. The highest BCUT2D eigenvalue weighted by molar-refractivity contribution is 7.92. The number of hydrogen-bond acceptors (Lipinski definition) is 5. The van der Waals surface area contributed by atoms with Crippen LogP contribution in [0.15, 0.2) is 70.4 Å². The molecule has 1 N–H and O–H groups in total. The van der Waals surface area contributed by atoms with Crippen LogP contribution in [0.2, 0.25) is 0 Å². The van der Waals surface area contributed by atoms with E-state index < -0.39 is 22.1 Å².